The topological polar surface area (TPSA) is 21.3 Å². The zero-order chi connectivity index (χ0) is 42.8. The molecular weight excluding hydrogens is 789 g/mol. The Morgan fingerprint density at radius 3 is 1.63 bits per heavy atom. The molecule has 11 aromatic carbocycles. The lowest BCUT2D eigenvalue weighted by Crippen LogP contribution is -2.11. The molecule has 2 aromatic heterocycles. The van der Waals surface area contributed by atoms with Crippen LogP contribution in [0.4, 0.5) is 17.1 Å². The maximum Gasteiger partial charge on any atom is 0.136 e. The highest BCUT2D eigenvalue weighted by atomic mass is 16.3. The largest absolute Gasteiger partial charge is 0.456 e. The summed E-state index contributed by atoms with van der Waals surface area (Å²) in [4.78, 5) is 2.40. The highest BCUT2D eigenvalue weighted by molar-refractivity contribution is 6.15. The van der Waals surface area contributed by atoms with Crippen molar-refractivity contribution in [2.45, 2.75) is 0 Å². The number of aromatic nitrogens is 1. The van der Waals surface area contributed by atoms with Crippen molar-refractivity contribution in [2.24, 2.45) is 0 Å². The van der Waals surface area contributed by atoms with E-state index in [4.69, 9.17) is 4.42 Å². The first kappa shape index (κ1) is 36.9. The van der Waals surface area contributed by atoms with Crippen molar-refractivity contribution in [3.05, 3.63) is 243 Å². The Balaban J connectivity index is 0.887. The molecule has 65 heavy (non-hydrogen) atoms. The molecule has 0 aliphatic rings. The number of hydrogen-bond donors (Lipinski definition) is 0. The number of anilines is 3. The minimum Gasteiger partial charge on any atom is -0.456 e. The third-order valence-corrected chi connectivity index (χ3v) is 13.2. The van der Waals surface area contributed by atoms with E-state index >= 15 is 0 Å². The molecule has 0 unspecified atom stereocenters. The number of hydrogen-bond acceptors (Lipinski definition) is 2. The number of furan rings is 1. The number of para-hydroxylation sites is 4. The van der Waals surface area contributed by atoms with Gasteiger partial charge in [0.2, 0.25) is 0 Å². The van der Waals surface area contributed by atoms with Gasteiger partial charge in [-0.15, -0.1) is 0 Å². The first-order chi connectivity index (χ1) is 32.2. The van der Waals surface area contributed by atoms with Crippen LogP contribution in [0.2, 0.25) is 0 Å². The molecule has 2 heterocycles. The van der Waals surface area contributed by atoms with Crippen LogP contribution >= 0.6 is 0 Å². The quantitative estimate of drug-likeness (QED) is 0.149. The molecule has 0 aliphatic carbocycles. The summed E-state index contributed by atoms with van der Waals surface area (Å²) in [5.41, 5.74) is 15.7. The Labute approximate surface area is 376 Å². The third-order valence-electron chi connectivity index (χ3n) is 13.2. The molecule has 0 spiro atoms. The molecule has 0 N–H and O–H groups in total. The van der Waals surface area contributed by atoms with Gasteiger partial charge >= 0.3 is 0 Å². The maximum atomic E-state index is 6.24. The fourth-order valence-electron chi connectivity index (χ4n) is 10.1. The lowest BCUT2D eigenvalue weighted by atomic mass is 9.94. The van der Waals surface area contributed by atoms with Gasteiger partial charge in [-0.2, -0.15) is 0 Å². The summed E-state index contributed by atoms with van der Waals surface area (Å²) in [5.74, 6) is 0. The Bertz CT molecular complexity index is 3880. The van der Waals surface area contributed by atoms with Crippen LogP contribution in [0.3, 0.4) is 0 Å². The van der Waals surface area contributed by atoms with Crippen LogP contribution in [0, 0.1) is 0 Å². The Morgan fingerprint density at radius 1 is 0.323 bits per heavy atom. The van der Waals surface area contributed by atoms with Crippen molar-refractivity contribution in [1.82, 2.24) is 4.57 Å². The Morgan fingerprint density at radius 2 is 0.877 bits per heavy atom. The van der Waals surface area contributed by atoms with Crippen LogP contribution in [-0.2, 0) is 0 Å². The van der Waals surface area contributed by atoms with Crippen molar-refractivity contribution >= 4 is 82.4 Å². The second kappa shape index (κ2) is 15.0. The number of rotatable bonds is 7. The van der Waals surface area contributed by atoms with Gasteiger partial charge in [0.15, 0.2) is 0 Å². The van der Waals surface area contributed by atoms with E-state index in [0.717, 1.165) is 44.7 Å². The van der Waals surface area contributed by atoms with E-state index in [9.17, 15) is 0 Å². The average molecular weight is 829 g/mol. The number of benzene rings is 11. The van der Waals surface area contributed by atoms with E-state index in [1.807, 2.05) is 12.1 Å². The normalized spacial score (nSPS) is 11.7. The van der Waals surface area contributed by atoms with E-state index in [1.54, 1.807) is 0 Å². The van der Waals surface area contributed by atoms with E-state index in [1.165, 1.54) is 76.7 Å². The van der Waals surface area contributed by atoms with Gasteiger partial charge in [0.05, 0.1) is 16.7 Å². The van der Waals surface area contributed by atoms with Crippen molar-refractivity contribution in [2.75, 3.05) is 4.90 Å². The SMILES string of the molecule is c1ccc(-c2ccccc2N(c2ccc(-c3ccc(-n4c5ccccc5c5ccccc54)cc3)cc2)c2ccc3c(ccc4cc(-c5cccc6oc7ccccc7c56)ccc43)c2)cc1. The fraction of sp³-hybridized carbons (Fsp3) is 0. The molecule has 304 valence electrons. The Kier molecular flexibility index (Phi) is 8.53. The van der Waals surface area contributed by atoms with Gasteiger partial charge in [-0.3, -0.25) is 0 Å². The minimum absolute atomic E-state index is 0.910. The molecule has 0 saturated heterocycles. The highest BCUT2D eigenvalue weighted by Crippen LogP contribution is 2.44. The van der Waals surface area contributed by atoms with Gasteiger partial charge in [-0.25, -0.2) is 0 Å². The maximum absolute atomic E-state index is 6.24. The van der Waals surface area contributed by atoms with E-state index in [0.29, 0.717) is 0 Å². The van der Waals surface area contributed by atoms with Gasteiger partial charge in [0, 0.05) is 44.2 Å². The molecule has 0 amide bonds. The summed E-state index contributed by atoms with van der Waals surface area (Å²) in [7, 11) is 0. The predicted octanol–water partition coefficient (Wildman–Crippen LogP) is 17.5. The van der Waals surface area contributed by atoms with Gasteiger partial charge in [0.1, 0.15) is 11.2 Å². The monoisotopic (exact) mass is 828 g/mol. The summed E-state index contributed by atoms with van der Waals surface area (Å²) in [5, 5.41) is 9.68. The fourth-order valence-corrected chi connectivity index (χ4v) is 10.1. The van der Waals surface area contributed by atoms with Crippen LogP contribution in [0.25, 0.3) is 104 Å². The summed E-state index contributed by atoms with van der Waals surface area (Å²) in [6.07, 6.45) is 0. The smallest absolute Gasteiger partial charge is 0.136 e. The lowest BCUT2D eigenvalue weighted by Gasteiger charge is -2.28. The summed E-state index contributed by atoms with van der Waals surface area (Å²) in [6.45, 7) is 0. The average Bonchev–Trinajstić information content (AvgIpc) is 3.93. The number of nitrogens with zero attached hydrogens (tertiary/aromatic N) is 2. The molecular formula is C62H40N2O. The second-order valence-corrected chi connectivity index (χ2v) is 16.9. The van der Waals surface area contributed by atoms with Gasteiger partial charge in [-0.1, -0.05) is 170 Å². The van der Waals surface area contributed by atoms with Crippen LogP contribution < -0.4 is 4.90 Å². The van der Waals surface area contributed by atoms with Crippen molar-refractivity contribution in [1.29, 1.82) is 0 Å². The van der Waals surface area contributed by atoms with Crippen molar-refractivity contribution < 1.29 is 4.42 Å². The lowest BCUT2D eigenvalue weighted by molar-refractivity contribution is 0.669. The molecule has 13 aromatic rings. The molecule has 0 atom stereocenters. The predicted molar refractivity (Wildman–Crippen MR) is 274 cm³/mol. The molecule has 3 heteroatoms. The standard InChI is InChI=1S/C62H40N2O/c1-2-13-43(14-3-1)52-15-4-8-20-57(52)63(47-32-27-41(28-33-47)42-29-34-48(35-30-42)64-58-21-9-5-16-54(58)55-17-6-10-22-59(55)64)49-36-38-51-46(40-49)26-25-44-39-45(31-37-50(44)51)53-19-12-24-61-62(53)56-18-7-11-23-60(56)65-61/h1-40H. The zero-order valence-electron chi connectivity index (χ0n) is 35.4. The molecule has 0 aliphatic heterocycles. The van der Waals surface area contributed by atoms with Crippen LogP contribution in [0.15, 0.2) is 247 Å². The number of fused-ring (bicyclic) bond motifs is 9. The zero-order valence-corrected chi connectivity index (χ0v) is 35.4. The molecule has 13 rings (SSSR count). The van der Waals surface area contributed by atoms with E-state index in [-0.39, 0.29) is 0 Å². The molecule has 0 bridgehead atoms. The summed E-state index contributed by atoms with van der Waals surface area (Å²) >= 11 is 0. The third kappa shape index (κ3) is 6.12. The van der Waals surface area contributed by atoms with Gasteiger partial charge < -0.3 is 13.9 Å². The highest BCUT2D eigenvalue weighted by Gasteiger charge is 2.19. The van der Waals surface area contributed by atoms with Crippen molar-refractivity contribution in [3.8, 4) is 39.1 Å². The van der Waals surface area contributed by atoms with E-state index < -0.39 is 0 Å². The van der Waals surface area contributed by atoms with Gasteiger partial charge in [0.25, 0.3) is 0 Å². The molecule has 0 radical (unpaired) electrons. The molecule has 3 nitrogen and oxygen atoms in total. The molecule has 0 fully saturated rings. The molecule has 0 saturated carbocycles. The van der Waals surface area contributed by atoms with E-state index in [2.05, 4.69) is 240 Å². The van der Waals surface area contributed by atoms with Crippen LogP contribution in [0.1, 0.15) is 0 Å². The minimum atomic E-state index is 0.910. The van der Waals surface area contributed by atoms with Gasteiger partial charge in [-0.05, 0) is 122 Å². The van der Waals surface area contributed by atoms with Crippen LogP contribution in [0.5, 0.6) is 0 Å². The first-order valence-corrected chi connectivity index (χ1v) is 22.2. The summed E-state index contributed by atoms with van der Waals surface area (Å²) < 4.78 is 8.61. The summed E-state index contributed by atoms with van der Waals surface area (Å²) in [6, 6.07) is 87.7. The Hall–Kier alpha value is -8.66. The second-order valence-electron chi connectivity index (χ2n) is 16.9. The van der Waals surface area contributed by atoms with Crippen molar-refractivity contribution in [3.63, 3.8) is 0 Å². The van der Waals surface area contributed by atoms with Crippen LogP contribution in [-0.4, -0.2) is 4.57 Å². The first-order valence-electron chi connectivity index (χ1n) is 22.2.